The molecular formula is C6H13NS2. The topological polar surface area (TPSA) is 26.0 Å². The fraction of sp³-hybridized carbons (Fsp3) is 0.833. The zero-order chi connectivity index (χ0) is 7.49. The van der Waals surface area contributed by atoms with Crippen molar-refractivity contribution in [2.45, 2.75) is 25.5 Å². The molecule has 1 nitrogen and oxygen atoms in total. The molecule has 0 bridgehead atoms. The van der Waals surface area contributed by atoms with Crippen LogP contribution in [-0.4, -0.2) is 15.5 Å². The maximum Gasteiger partial charge on any atom is 0.0828 e. The number of hydrogen-bond donors (Lipinski definition) is 1. The van der Waals surface area contributed by atoms with Gasteiger partial charge in [0.05, 0.1) is 4.99 Å². The van der Waals surface area contributed by atoms with E-state index in [4.69, 9.17) is 18.0 Å². The molecule has 54 valence electrons. The summed E-state index contributed by atoms with van der Waals surface area (Å²) in [6, 6.07) is 0. The van der Waals surface area contributed by atoms with E-state index in [1.54, 1.807) is 11.8 Å². The smallest absolute Gasteiger partial charge is 0.0828 e. The third-order valence-electron chi connectivity index (χ3n) is 0.647. The molecule has 0 aromatic heterocycles. The average Bonchev–Trinajstić information content (AvgIpc) is 1.59. The highest BCUT2D eigenvalue weighted by molar-refractivity contribution is 8.02. The van der Waals surface area contributed by atoms with Crippen LogP contribution in [0.25, 0.3) is 0 Å². The van der Waals surface area contributed by atoms with Gasteiger partial charge in [0.25, 0.3) is 0 Å². The van der Waals surface area contributed by atoms with Gasteiger partial charge in [0.15, 0.2) is 0 Å². The quantitative estimate of drug-likeness (QED) is 0.629. The number of rotatable bonds is 2. The first-order chi connectivity index (χ1) is 3.92. The Morgan fingerprint density at radius 1 is 1.56 bits per heavy atom. The highest BCUT2D eigenvalue weighted by Gasteiger charge is 2.09. The van der Waals surface area contributed by atoms with Gasteiger partial charge >= 0.3 is 0 Å². The lowest BCUT2D eigenvalue weighted by atomic mass is 10.3. The summed E-state index contributed by atoms with van der Waals surface area (Å²) in [5.74, 6) is 0.791. The minimum absolute atomic E-state index is 0.281. The Morgan fingerprint density at radius 2 is 2.00 bits per heavy atom. The van der Waals surface area contributed by atoms with Crippen molar-refractivity contribution in [1.82, 2.24) is 0 Å². The van der Waals surface area contributed by atoms with Crippen molar-refractivity contribution < 1.29 is 0 Å². The lowest BCUT2D eigenvalue weighted by molar-refractivity contribution is 0.805. The van der Waals surface area contributed by atoms with E-state index in [1.807, 2.05) is 0 Å². The molecule has 0 spiro atoms. The van der Waals surface area contributed by atoms with Gasteiger partial charge in [-0.3, -0.25) is 0 Å². The Morgan fingerprint density at radius 3 is 2.11 bits per heavy atom. The molecule has 0 rings (SSSR count). The van der Waals surface area contributed by atoms with Crippen molar-refractivity contribution in [3.8, 4) is 0 Å². The lowest BCUT2D eigenvalue weighted by Gasteiger charge is -2.16. The van der Waals surface area contributed by atoms with Crippen LogP contribution in [0.3, 0.4) is 0 Å². The minimum atomic E-state index is 0.281. The Kier molecular flexibility index (Phi) is 3.51. The van der Waals surface area contributed by atoms with Gasteiger partial charge in [-0.15, -0.1) is 11.8 Å². The summed E-state index contributed by atoms with van der Waals surface area (Å²) in [5.41, 5.74) is 5.31. The molecular weight excluding hydrogens is 150 g/mol. The second-order valence-corrected chi connectivity index (χ2v) is 5.19. The van der Waals surface area contributed by atoms with E-state index in [1.165, 1.54) is 0 Å². The molecule has 9 heavy (non-hydrogen) atoms. The van der Waals surface area contributed by atoms with Crippen molar-refractivity contribution in [1.29, 1.82) is 0 Å². The Balaban J connectivity index is 3.39. The summed E-state index contributed by atoms with van der Waals surface area (Å²) in [5, 5.41) is 0. The third-order valence-corrected chi connectivity index (χ3v) is 2.30. The normalized spacial score (nSPS) is 11.4. The molecule has 0 aliphatic carbocycles. The molecule has 0 aliphatic heterocycles. The van der Waals surface area contributed by atoms with Crippen molar-refractivity contribution in [2.24, 2.45) is 5.73 Å². The van der Waals surface area contributed by atoms with Crippen LogP contribution in [0.5, 0.6) is 0 Å². The molecule has 0 amide bonds. The summed E-state index contributed by atoms with van der Waals surface area (Å²) in [4.78, 5) is 0.593. The summed E-state index contributed by atoms with van der Waals surface area (Å²) in [7, 11) is 0. The highest BCUT2D eigenvalue weighted by Crippen LogP contribution is 2.22. The fourth-order valence-electron chi connectivity index (χ4n) is 0.288. The van der Waals surface area contributed by atoms with Gasteiger partial charge in [-0.25, -0.2) is 0 Å². The SMILES string of the molecule is CC(C)(C)SCC(N)=S. The second kappa shape index (κ2) is 3.42. The van der Waals surface area contributed by atoms with Crippen LogP contribution in [0.4, 0.5) is 0 Å². The summed E-state index contributed by atoms with van der Waals surface area (Å²) >= 11 is 6.50. The first-order valence-corrected chi connectivity index (χ1v) is 4.23. The first kappa shape index (κ1) is 9.24. The van der Waals surface area contributed by atoms with Gasteiger partial charge in [-0.1, -0.05) is 33.0 Å². The molecule has 0 saturated carbocycles. The minimum Gasteiger partial charge on any atom is -0.393 e. The molecule has 0 atom stereocenters. The number of thiocarbonyl (C=S) groups is 1. The Hall–Kier alpha value is 0.240. The summed E-state index contributed by atoms with van der Waals surface area (Å²) in [6.07, 6.45) is 0. The van der Waals surface area contributed by atoms with Crippen LogP contribution in [-0.2, 0) is 0 Å². The predicted octanol–water partition coefficient (Wildman–Crippen LogP) is 1.80. The van der Waals surface area contributed by atoms with E-state index in [0.29, 0.717) is 4.99 Å². The van der Waals surface area contributed by atoms with Crippen LogP contribution in [0, 0.1) is 0 Å². The number of nitrogens with two attached hydrogens (primary N) is 1. The Labute approximate surface area is 66.4 Å². The molecule has 0 unspecified atom stereocenters. The number of hydrogen-bond acceptors (Lipinski definition) is 2. The molecule has 3 heteroatoms. The predicted molar refractivity (Wildman–Crippen MR) is 49.0 cm³/mol. The van der Waals surface area contributed by atoms with Crippen LogP contribution in [0.15, 0.2) is 0 Å². The molecule has 0 aromatic rings. The third kappa shape index (κ3) is 8.24. The van der Waals surface area contributed by atoms with E-state index >= 15 is 0 Å². The highest BCUT2D eigenvalue weighted by atomic mass is 32.2. The van der Waals surface area contributed by atoms with Gasteiger partial charge in [-0.05, 0) is 0 Å². The van der Waals surface area contributed by atoms with E-state index < -0.39 is 0 Å². The van der Waals surface area contributed by atoms with Crippen molar-refractivity contribution >= 4 is 29.0 Å². The van der Waals surface area contributed by atoms with Crippen molar-refractivity contribution in [2.75, 3.05) is 5.75 Å². The molecule has 0 saturated heterocycles. The standard InChI is InChI=1S/C6H13NS2/c1-6(2,3)9-4-5(7)8/h4H2,1-3H3,(H2,7,8). The van der Waals surface area contributed by atoms with Gasteiger partial charge in [0, 0.05) is 10.5 Å². The van der Waals surface area contributed by atoms with E-state index in [-0.39, 0.29) is 4.75 Å². The fourth-order valence-corrected chi connectivity index (χ4v) is 1.04. The summed E-state index contributed by atoms with van der Waals surface area (Å²) < 4.78 is 0.281. The van der Waals surface area contributed by atoms with Gasteiger partial charge in [-0.2, -0.15) is 0 Å². The van der Waals surface area contributed by atoms with Crippen LogP contribution < -0.4 is 5.73 Å². The van der Waals surface area contributed by atoms with E-state index in [2.05, 4.69) is 20.8 Å². The maximum atomic E-state index is 5.31. The van der Waals surface area contributed by atoms with Crippen molar-refractivity contribution in [3.05, 3.63) is 0 Å². The molecule has 0 heterocycles. The largest absolute Gasteiger partial charge is 0.393 e. The molecule has 0 aliphatic rings. The second-order valence-electron chi connectivity index (χ2n) is 2.87. The van der Waals surface area contributed by atoms with Gasteiger partial charge in [0.2, 0.25) is 0 Å². The summed E-state index contributed by atoms with van der Waals surface area (Å²) in [6.45, 7) is 6.45. The molecule has 0 radical (unpaired) electrons. The number of thioether (sulfide) groups is 1. The zero-order valence-electron chi connectivity index (χ0n) is 6.10. The van der Waals surface area contributed by atoms with Gasteiger partial charge in [0.1, 0.15) is 0 Å². The van der Waals surface area contributed by atoms with E-state index in [0.717, 1.165) is 5.75 Å². The van der Waals surface area contributed by atoms with Crippen LogP contribution in [0.1, 0.15) is 20.8 Å². The van der Waals surface area contributed by atoms with Gasteiger partial charge < -0.3 is 5.73 Å². The first-order valence-electron chi connectivity index (χ1n) is 2.84. The van der Waals surface area contributed by atoms with Crippen LogP contribution >= 0.6 is 24.0 Å². The maximum absolute atomic E-state index is 5.31. The molecule has 0 aromatic carbocycles. The van der Waals surface area contributed by atoms with Crippen molar-refractivity contribution in [3.63, 3.8) is 0 Å². The van der Waals surface area contributed by atoms with E-state index in [9.17, 15) is 0 Å². The lowest BCUT2D eigenvalue weighted by Crippen LogP contribution is -2.16. The average molecular weight is 163 g/mol. The molecule has 0 fully saturated rings. The monoisotopic (exact) mass is 163 g/mol. The molecule has 2 N–H and O–H groups in total. The Bertz CT molecular complexity index is 104. The van der Waals surface area contributed by atoms with Crippen LogP contribution in [0.2, 0.25) is 0 Å². The zero-order valence-corrected chi connectivity index (χ0v) is 7.73.